The summed E-state index contributed by atoms with van der Waals surface area (Å²) < 4.78 is 38.3. The molecule has 4 nitrogen and oxygen atoms in total. The number of hydrogen-bond acceptors (Lipinski definition) is 4. The van der Waals surface area contributed by atoms with Crippen molar-refractivity contribution in [1.29, 1.82) is 0 Å². The normalized spacial score (nSPS) is 17.6. The highest BCUT2D eigenvalue weighted by Crippen LogP contribution is 2.40. The number of halogens is 3. The number of thiophene rings is 2. The van der Waals surface area contributed by atoms with Gasteiger partial charge >= 0.3 is 6.18 Å². The number of aromatic nitrogens is 2. The zero-order chi connectivity index (χ0) is 17.6. The van der Waals surface area contributed by atoms with Crippen molar-refractivity contribution >= 4 is 28.6 Å². The molecule has 4 heterocycles. The van der Waals surface area contributed by atoms with Gasteiger partial charge in [-0.15, -0.1) is 22.7 Å². The van der Waals surface area contributed by atoms with Gasteiger partial charge in [0.1, 0.15) is 5.69 Å². The average Bonchev–Trinajstić information content (AvgIpc) is 3.32. The highest BCUT2D eigenvalue weighted by molar-refractivity contribution is 7.10. The van der Waals surface area contributed by atoms with E-state index in [0.717, 1.165) is 16.5 Å². The molecule has 0 aromatic carbocycles. The maximum absolute atomic E-state index is 12.9. The molecular formula is C16H12F3N3OS2. The van der Waals surface area contributed by atoms with Crippen LogP contribution in [-0.2, 0) is 12.6 Å². The Bertz CT molecular complexity index is 898. The van der Waals surface area contributed by atoms with Gasteiger partial charge in [0.05, 0.1) is 6.04 Å². The Labute approximate surface area is 148 Å². The lowest BCUT2D eigenvalue weighted by Crippen LogP contribution is -2.40. The number of nitrogens with one attached hydrogen (secondary N) is 1. The van der Waals surface area contributed by atoms with Crippen molar-refractivity contribution in [2.75, 3.05) is 6.54 Å². The van der Waals surface area contributed by atoms with Gasteiger partial charge in [-0.25, -0.2) is 0 Å². The van der Waals surface area contributed by atoms with Crippen LogP contribution in [-0.4, -0.2) is 27.5 Å². The first-order valence-corrected chi connectivity index (χ1v) is 9.24. The summed E-state index contributed by atoms with van der Waals surface area (Å²) in [6, 6.07) is 6.31. The summed E-state index contributed by atoms with van der Waals surface area (Å²) in [6.07, 6.45) is -3.86. The van der Waals surface area contributed by atoms with Crippen LogP contribution in [0.1, 0.15) is 37.5 Å². The van der Waals surface area contributed by atoms with Crippen molar-refractivity contribution in [3.05, 3.63) is 61.7 Å². The number of aromatic amines is 1. The number of hydrogen-bond donors (Lipinski definition) is 1. The Morgan fingerprint density at radius 1 is 1.28 bits per heavy atom. The van der Waals surface area contributed by atoms with E-state index in [1.165, 1.54) is 16.2 Å². The van der Waals surface area contributed by atoms with Crippen molar-refractivity contribution in [3.63, 3.8) is 0 Å². The first-order valence-electron chi connectivity index (χ1n) is 7.48. The molecule has 1 atom stereocenters. The van der Waals surface area contributed by atoms with Crippen molar-refractivity contribution < 1.29 is 18.0 Å². The zero-order valence-corrected chi connectivity index (χ0v) is 14.3. The van der Waals surface area contributed by atoms with Gasteiger partial charge in [0.15, 0.2) is 5.69 Å². The van der Waals surface area contributed by atoms with Crippen LogP contribution < -0.4 is 0 Å². The highest BCUT2D eigenvalue weighted by Gasteiger charge is 2.37. The molecule has 0 fully saturated rings. The van der Waals surface area contributed by atoms with Crippen molar-refractivity contribution in [1.82, 2.24) is 15.1 Å². The Balaban J connectivity index is 1.71. The number of carbonyl (C=O) groups is 1. The van der Waals surface area contributed by atoms with Gasteiger partial charge in [-0.05, 0) is 34.9 Å². The van der Waals surface area contributed by atoms with Crippen LogP contribution in [0.3, 0.4) is 0 Å². The Morgan fingerprint density at radius 3 is 2.80 bits per heavy atom. The summed E-state index contributed by atoms with van der Waals surface area (Å²) in [6.45, 7) is 0.448. The third-order valence-corrected chi connectivity index (χ3v) is 6.06. The number of nitrogens with zero attached hydrogens (tertiary/aromatic N) is 2. The van der Waals surface area contributed by atoms with Crippen LogP contribution in [0.4, 0.5) is 13.2 Å². The molecule has 0 radical (unpaired) electrons. The van der Waals surface area contributed by atoms with Crippen LogP contribution in [0.25, 0.3) is 0 Å². The number of H-pyrrole nitrogens is 1. The molecule has 0 saturated carbocycles. The summed E-state index contributed by atoms with van der Waals surface area (Å²) in [5.74, 6) is -0.498. The molecule has 1 aliphatic heterocycles. The summed E-state index contributed by atoms with van der Waals surface area (Å²) in [5.41, 5.74) is -0.192. The van der Waals surface area contributed by atoms with E-state index in [-0.39, 0.29) is 11.7 Å². The lowest BCUT2D eigenvalue weighted by Gasteiger charge is -2.35. The maximum Gasteiger partial charge on any atom is 0.432 e. The van der Waals surface area contributed by atoms with Crippen molar-refractivity contribution in [2.45, 2.75) is 18.6 Å². The van der Waals surface area contributed by atoms with E-state index in [4.69, 9.17) is 0 Å². The first kappa shape index (κ1) is 16.3. The lowest BCUT2D eigenvalue weighted by molar-refractivity contribution is -0.141. The quantitative estimate of drug-likeness (QED) is 0.716. The summed E-state index contributed by atoms with van der Waals surface area (Å²) in [5, 5.41) is 9.41. The number of fused-ring (bicyclic) bond motifs is 1. The molecule has 0 bridgehead atoms. The average molecular weight is 383 g/mol. The van der Waals surface area contributed by atoms with E-state index in [1.54, 1.807) is 16.2 Å². The Kier molecular flexibility index (Phi) is 3.92. The molecule has 0 unspecified atom stereocenters. The predicted octanol–water partition coefficient (Wildman–Crippen LogP) is 4.34. The number of carbonyl (C=O) groups excluding carboxylic acids is 1. The van der Waals surface area contributed by atoms with Gasteiger partial charge in [-0.2, -0.15) is 18.3 Å². The molecule has 3 aromatic rings. The minimum absolute atomic E-state index is 0.215. The van der Waals surface area contributed by atoms with Crippen LogP contribution in [0, 0.1) is 0 Å². The fraction of sp³-hybridized carbons (Fsp3) is 0.250. The van der Waals surface area contributed by atoms with E-state index < -0.39 is 17.8 Å². The standard InChI is InChI=1S/C16H12F3N3OS2/c17-16(18,19)13-8-10(20-21-13)15(23)22-5-3-11-9(4-7-25-11)14(22)12-2-1-6-24-12/h1-2,4,6-8,14H,3,5H2,(H,20,21)/t14-/m1/s1. The Hall–Kier alpha value is -2.13. The summed E-state index contributed by atoms with van der Waals surface area (Å²) >= 11 is 3.16. The van der Waals surface area contributed by atoms with Crippen molar-refractivity contribution in [3.8, 4) is 0 Å². The fourth-order valence-electron chi connectivity index (χ4n) is 3.01. The minimum Gasteiger partial charge on any atom is -0.325 e. The van der Waals surface area contributed by atoms with Gasteiger partial charge in [0, 0.05) is 22.4 Å². The molecule has 1 amide bonds. The van der Waals surface area contributed by atoms with Gasteiger partial charge in [0.25, 0.3) is 5.91 Å². The third-order valence-electron chi connectivity index (χ3n) is 4.14. The molecule has 3 aromatic heterocycles. The molecule has 4 rings (SSSR count). The fourth-order valence-corrected chi connectivity index (χ4v) is 4.77. The van der Waals surface area contributed by atoms with Gasteiger partial charge in [-0.1, -0.05) is 6.07 Å². The second-order valence-electron chi connectivity index (χ2n) is 5.63. The summed E-state index contributed by atoms with van der Waals surface area (Å²) in [7, 11) is 0. The third kappa shape index (κ3) is 2.87. The molecule has 9 heteroatoms. The van der Waals surface area contributed by atoms with E-state index in [2.05, 4.69) is 5.10 Å². The molecule has 1 aliphatic rings. The van der Waals surface area contributed by atoms with Gasteiger partial charge < -0.3 is 4.90 Å². The van der Waals surface area contributed by atoms with Gasteiger partial charge in [0.2, 0.25) is 0 Å². The van der Waals surface area contributed by atoms with Crippen molar-refractivity contribution in [2.24, 2.45) is 0 Å². The molecule has 25 heavy (non-hydrogen) atoms. The second kappa shape index (κ2) is 5.99. The van der Waals surface area contributed by atoms with E-state index in [1.807, 2.05) is 34.1 Å². The molecule has 130 valence electrons. The molecule has 0 saturated heterocycles. The molecular weight excluding hydrogens is 371 g/mol. The number of amides is 1. The first-order chi connectivity index (χ1) is 11.9. The molecule has 1 N–H and O–H groups in total. The van der Waals surface area contributed by atoms with Crippen LogP contribution in [0.2, 0.25) is 0 Å². The maximum atomic E-state index is 12.9. The van der Waals surface area contributed by atoms with Crippen LogP contribution in [0.5, 0.6) is 0 Å². The number of rotatable bonds is 2. The minimum atomic E-state index is -4.55. The van der Waals surface area contributed by atoms with E-state index >= 15 is 0 Å². The molecule has 0 spiro atoms. The SMILES string of the molecule is O=C(c1cc(C(F)(F)F)[nH]n1)N1CCc2sccc2[C@@H]1c1cccs1. The topological polar surface area (TPSA) is 49.0 Å². The van der Waals surface area contributed by atoms with Crippen LogP contribution >= 0.6 is 22.7 Å². The predicted molar refractivity (Wildman–Crippen MR) is 88.8 cm³/mol. The van der Waals surface area contributed by atoms with E-state index in [9.17, 15) is 18.0 Å². The molecule has 0 aliphatic carbocycles. The second-order valence-corrected chi connectivity index (χ2v) is 7.61. The zero-order valence-electron chi connectivity index (χ0n) is 12.7. The smallest absolute Gasteiger partial charge is 0.325 e. The number of alkyl halides is 3. The van der Waals surface area contributed by atoms with E-state index in [0.29, 0.717) is 13.0 Å². The lowest BCUT2D eigenvalue weighted by atomic mass is 9.98. The summed E-state index contributed by atoms with van der Waals surface area (Å²) in [4.78, 5) is 16.7. The van der Waals surface area contributed by atoms with Gasteiger partial charge in [-0.3, -0.25) is 9.89 Å². The highest BCUT2D eigenvalue weighted by atomic mass is 32.1. The van der Waals surface area contributed by atoms with Crippen LogP contribution in [0.15, 0.2) is 35.0 Å². The largest absolute Gasteiger partial charge is 0.432 e. The Morgan fingerprint density at radius 2 is 2.12 bits per heavy atom. The monoisotopic (exact) mass is 383 g/mol.